The molecule has 5 unspecified atom stereocenters. The first kappa shape index (κ1) is 51.4. The number of ketones is 1. The monoisotopic (exact) mass is 854 g/mol. The van der Waals surface area contributed by atoms with Crippen LogP contribution in [0.15, 0.2) is 30.3 Å². The van der Waals surface area contributed by atoms with Crippen molar-refractivity contribution >= 4 is 41.4 Å². The Morgan fingerprint density at radius 3 is 2.00 bits per heavy atom. The maximum atomic E-state index is 14.1. The predicted molar refractivity (Wildman–Crippen MR) is 217 cm³/mol. The molecule has 60 heavy (non-hydrogen) atoms. The molecule has 1 aromatic carbocycles. The number of amides is 6. The van der Waals surface area contributed by atoms with Gasteiger partial charge in [0, 0.05) is 20.6 Å². The lowest BCUT2D eigenvalue weighted by atomic mass is 9.83. The molecule has 0 radical (unpaired) electrons. The van der Waals surface area contributed by atoms with Gasteiger partial charge in [-0.05, 0) is 84.1 Å². The van der Waals surface area contributed by atoms with E-state index in [0.717, 1.165) is 19.3 Å². The van der Waals surface area contributed by atoms with Gasteiger partial charge in [-0.25, -0.2) is 4.79 Å². The van der Waals surface area contributed by atoms with Crippen LogP contribution in [0.25, 0.3) is 0 Å². The summed E-state index contributed by atoms with van der Waals surface area (Å²) in [4.78, 5) is 95.5. The van der Waals surface area contributed by atoms with Crippen molar-refractivity contribution in [2.24, 2.45) is 11.8 Å². The summed E-state index contributed by atoms with van der Waals surface area (Å²) in [7, 11) is 3.06. The smallest absolute Gasteiger partial charge is 0.427 e. The first-order chi connectivity index (χ1) is 27.8. The van der Waals surface area contributed by atoms with Crippen LogP contribution in [-0.4, -0.2) is 119 Å². The van der Waals surface area contributed by atoms with E-state index < -0.39 is 95.4 Å². The van der Waals surface area contributed by atoms with Crippen LogP contribution in [0.2, 0.25) is 0 Å². The molecule has 18 heteroatoms. The summed E-state index contributed by atoms with van der Waals surface area (Å²) in [5.74, 6) is -5.20. The number of carbonyl (C=O) groups excluding carboxylic acids is 7. The van der Waals surface area contributed by atoms with Gasteiger partial charge in [0.15, 0.2) is 0 Å². The number of hydrogen-bond acceptors (Lipinski definition) is 9. The summed E-state index contributed by atoms with van der Waals surface area (Å²) in [5, 5.41) is 18.4. The number of halogens is 3. The first-order valence-corrected chi connectivity index (χ1v) is 20.5. The van der Waals surface area contributed by atoms with Gasteiger partial charge in [0.1, 0.15) is 18.1 Å². The van der Waals surface area contributed by atoms with Crippen molar-refractivity contribution in [1.29, 1.82) is 0 Å². The van der Waals surface area contributed by atoms with E-state index in [1.165, 1.54) is 23.9 Å². The minimum Gasteiger partial charge on any atom is -0.434 e. The second-order valence-corrected chi connectivity index (χ2v) is 17.3. The van der Waals surface area contributed by atoms with Gasteiger partial charge in [0.05, 0.1) is 18.2 Å². The lowest BCUT2D eigenvalue weighted by Crippen LogP contribution is -2.58. The van der Waals surface area contributed by atoms with Crippen molar-refractivity contribution in [3.63, 3.8) is 0 Å². The number of carbonyl (C=O) groups is 7. The Labute approximate surface area is 351 Å². The molecular weight excluding hydrogens is 789 g/mol. The Bertz CT molecular complexity index is 1620. The van der Waals surface area contributed by atoms with Crippen molar-refractivity contribution in [2.45, 2.75) is 148 Å². The normalized spacial score (nSPS) is 18.0. The molecule has 2 aliphatic rings. The first-order valence-electron chi connectivity index (χ1n) is 20.5. The standard InChI is InChI=1S/C38H55F3N6O8.C4H10O/c1-7-23(2)21-26(31(49)33(51)42-22-28(48)44-29(34(52)46(5)6)24-15-10-8-11-16-24)43-32(50)27-19-14-20-47(27)35(53)30(25-17-12-9-13-18-25)45-36(54)55-37(3,4)38(39,40)41;1-4(2,3)5/h8,10-11,15-16,23,25-27,29-30H,7,9,12-14,17-22H2,1-6H3,(H,42,51)(H,43,50)(H,44,48)(H,45,54);5H,1-3H3. The van der Waals surface area contributed by atoms with E-state index in [9.17, 15) is 46.7 Å². The minimum atomic E-state index is -4.86. The summed E-state index contributed by atoms with van der Waals surface area (Å²) in [5.41, 5.74) is -2.81. The van der Waals surface area contributed by atoms with Crippen LogP contribution in [0, 0.1) is 11.8 Å². The molecule has 0 spiro atoms. The highest BCUT2D eigenvalue weighted by atomic mass is 19.4. The highest BCUT2D eigenvalue weighted by molar-refractivity contribution is 6.38. The Kier molecular flexibility index (Phi) is 19.5. The molecule has 3 rings (SSSR count). The van der Waals surface area contributed by atoms with Crippen molar-refractivity contribution in [1.82, 2.24) is 31.1 Å². The molecular formula is C42H65F3N6O9. The third kappa shape index (κ3) is 16.4. The number of nitrogens with one attached hydrogen (secondary N) is 4. The molecule has 0 aromatic heterocycles. The highest BCUT2D eigenvalue weighted by Crippen LogP contribution is 2.34. The van der Waals surface area contributed by atoms with Crippen LogP contribution >= 0.6 is 0 Å². The fourth-order valence-corrected chi connectivity index (χ4v) is 6.65. The number of aliphatic hydroxyl groups is 1. The largest absolute Gasteiger partial charge is 0.434 e. The molecule has 1 heterocycles. The van der Waals surface area contributed by atoms with E-state index in [1.807, 2.05) is 13.8 Å². The Hall–Kier alpha value is -4.74. The van der Waals surface area contributed by atoms with Crippen LogP contribution in [0.3, 0.4) is 0 Å². The molecule has 1 saturated carbocycles. The van der Waals surface area contributed by atoms with E-state index >= 15 is 0 Å². The summed E-state index contributed by atoms with van der Waals surface area (Å²) in [6, 6.07) is 3.78. The van der Waals surface area contributed by atoms with Gasteiger partial charge < -0.3 is 40.9 Å². The maximum absolute atomic E-state index is 14.1. The maximum Gasteiger partial charge on any atom is 0.427 e. The number of ether oxygens (including phenoxy) is 1. The van der Waals surface area contributed by atoms with Gasteiger partial charge >= 0.3 is 12.3 Å². The molecule has 1 aliphatic carbocycles. The number of Topliss-reactive ketones (excluding diaryl/α,β-unsaturated/α-hetero) is 1. The second-order valence-electron chi connectivity index (χ2n) is 17.3. The summed E-state index contributed by atoms with van der Waals surface area (Å²) in [6.45, 7) is 9.81. The van der Waals surface area contributed by atoms with Gasteiger partial charge in [0.2, 0.25) is 35.0 Å². The number of rotatable bonds is 16. The quantitative estimate of drug-likeness (QED) is 0.150. The van der Waals surface area contributed by atoms with E-state index in [0.29, 0.717) is 45.1 Å². The van der Waals surface area contributed by atoms with E-state index in [1.54, 1.807) is 51.1 Å². The zero-order valence-electron chi connectivity index (χ0n) is 36.4. The van der Waals surface area contributed by atoms with Crippen LogP contribution in [-0.2, 0) is 33.5 Å². The van der Waals surface area contributed by atoms with Crippen LogP contribution in [0.5, 0.6) is 0 Å². The van der Waals surface area contributed by atoms with Gasteiger partial charge in [-0.1, -0.05) is 69.9 Å². The zero-order chi connectivity index (χ0) is 45.6. The minimum absolute atomic E-state index is 0.0713. The van der Waals surface area contributed by atoms with Gasteiger partial charge in [-0.3, -0.25) is 28.8 Å². The average Bonchev–Trinajstić information content (AvgIpc) is 3.67. The lowest BCUT2D eigenvalue weighted by molar-refractivity contribution is -0.244. The fourth-order valence-electron chi connectivity index (χ4n) is 6.65. The second kappa shape index (κ2) is 22.7. The molecule has 1 saturated heterocycles. The molecule has 5 atom stereocenters. The van der Waals surface area contributed by atoms with Gasteiger partial charge in [-0.15, -0.1) is 0 Å². The zero-order valence-corrected chi connectivity index (χ0v) is 36.4. The molecule has 1 aromatic rings. The van der Waals surface area contributed by atoms with E-state index in [4.69, 9.17) is 9.84 Å². The number of likely N-dealkylation sites (tertiary alicyclic amines) is 1. The number of nitrogens with zero attached hydrogens (tertiary/aromatic N) is 2. The highest BCUT2D eigenvalue weighted by Gasteiger charge is 2.51. The van der Waals surface area contributed by atoms with Crippen LogP contribution in [0.4, 0.5) is 18.0 Å². The molecule has 2 fully saturated rings. The number of benzene rings is 1. The SMILES string of the molecule is CC(C)(C)O.CCC(C)CC(NC(=O)C1CCCN1C(=O)C(NC(=O)OC(C)(C)C(F)(F)F)C1CCCCC1)C(=O)C(=O)NCC(=O)NC(C(=O)N(C)C)c1ccccc1. The molecule has 338 valence electrons. The van der Waals surface area contributed by atoms with Crippen molar-refractivity contribution in [3.8, 4) is 0 Å². The number of alkyl halides is 3. The van der Waals surface area contributed by atoms with Gasteiger partial charge in [-0.2, -0.15) is 13.2 Å². The number of hydrogen-bond donors (Lipinski definition) is 5. The lowest BCUT2D eigenvalue weighted by Gasteiger charge is -2.35. The van der Waals surface area contributed by atoms with Crippen molar-refractivity contribution < 1.29 is 56.6 Å². The van der Waals surface area contributed by atoms with E-state index in [2.05, 4.69) is 21.3 Å². The van der Waals surface area contributed by atoms with Crippen molar-refractivity contribution in [3.05, 3.63) is 35.9 Å². The third-order valence-corrected chi connectivity index (χ3v) is 10.3. The van der Waals surface area contributed by atoms with Crippen LogP contribution < -0.4 is 21.3 Å². The van der Waals surface area contributed by atoms with Crippen LogP contribution in [0.1, 0.15) is 118 Å². The molecule has 6 amide bonds. The molecule has 15 nitrogen and oxygen atoms in total. The van der Waals surface area contributed by atoms with Gasteiger partial charge in [0.25, 0.3) is 5.91 Å². The third-order valence-electron chi connectivity index (χ3n) is 10.3. The summed E-state index contributed by atoms with van der Waals surface area (Å²) >= 11 is 0. The Morgan fingerprint density at radius 2 is 1.47 bits per heavy atom. The summed E-state index contributed by atoms with van der Waals surface area (Å²) in [6.07, 6.45) is -1.56. The molecule has 1 aliphatic heterocycles. The van der Waals surface area contributed by atoms with E-state index in [-0.39, 0.29) is 25.3 Å². The average molecular weight is 855 g/mol. The summed E-state index contributed by atoms with van der Waals surface area (Å²) < 4.78 is 45.1. The number of likely N-dealkylation sites (N-methyl/N-ethyl adjacent to an activating group) is 1. The predicted octanol–water partition coefficient (Wildman–Crippen LogP) is 4.32. The topological polar surface area (TPSA) is 204 Å². The Morgan fingerprint density at radius 1 is 0.883 bits per heavy atom. The molecule has 5 N–H and O–H groups in total. The molecule has 0 bridgehead atoms. The number of alkyl carbamates (subject to hydrolysis) is 1. The Balaban J connectivity index is 0.00000233. The van der Waals surface area contributed by atoms with Crippen molar-refractivity contribution in [2.75, 3.05) is 27.2 Å². The fraction of sp³-hybridized carbons (Fsp3) is 0.690.